The van der Waals surface area contributed by atoms with Gasteiger partial charge in [0.1, 0.15) is 11.5 Å². The Labute approximate surface area is 154 Å². The van der Waals surface area contributed by atoms with Crippen LogP contribution in [0, 0.1) is 0 Å². The third kappa shape index (κ3) is 4.15. The van der Waals surface area contributed by atoms with Crippen molar-refractivity contribution < 1.29 is 41.0 Å². The van der Waals surface area contributed by atoms with Gasteiger partial charge in [-0.2, -0.15) is 26.3 Å². The zero-order valence-electron chi connectivity index (χ0n) is 14.1. The molecule has 0 saturated carbocycles. The lowest BCUT2D eigenvalue weighted by atomic mass is 10.1. The topological polar surface area (TPSA) is 49.8 Å². The van der Waals surface area contributed by atoms with Crippen molar-refractivity contribution in [3.63, 3.8) is 0 Å². The molecule has 0 spiro atoms. The molecule has 0 unspecified atom stereocenters. The molecule has 28 heavy (non-hydrogen) atoms. The van der Waals surface area contributed by atoms with Gasteiger partial charge in [-0.3, -0.25) is 4.79 Å². The first-order valence-corrected chi connectivity index (χ1v) is 8.00. The molecule has 150 valence electrons. The number of halogens is 6. The van der Waals surface area contributed by atoms with Gasteiger partial charge in [0.2, 0.25) is 0 Å². The van der Waals surface area contributed by atoms with Gasteiger partial charge in [0.25, 0.3) is 5.91 Å². The number of phenolic OH excluding ortho intramolecular Hbond substituents is 1. The monoisotopic (exact) mass is 405 g/mol. The number of ether oxygens (including phenoxy) is 1. The Bertz CT molecular complexity index is 875. The van der Waals surface area contributed by atoms with E-state index in [9.17, 15) is 36.2 Å². The predicted octanol–water partition coefficient (Wildman–Crippen LogP) is 4.40. The second kappa shape index (κ2) is 6.92. The van der Waals surface area contributed by atoms with Crippen LogP contribution in [0.3, 0.4) is 0 Å². The van der Waals surface area contributed by atoms with Crippen molar-refractivity contribution in [3.8, 4) is 11.5 Å². The Hall–Kier alpha value is -2.91. The summed E-state index contributed by atoms with van der Waals surface area (Å²) in [5.41, 5.74) is -1.84. The Morgan fingerprint density at radius 3 is 2.18 bits per heavy atom. The highest BCUT2D eigenvalue weighted by Gasteiger charge is 2.37. The third-order valence-corrected chi connectivity index (χ3v) is 4.18. The molecule has 1 amide bonds. The first kappa shape index (κ1) is 19.8. The molecule has 4 nitrogen and oxygen atoms in total. The van der Waals surface area contributed by atoms with Crippen LogP contribution in [-0.4, -0.2) is 24.2 Å². The number of hydrogen-bond acceptors (Lipinski definition) is 3. The molecule has 1 heterocycles. The van der Waals surface area contributed by atoms with E-state index in [1.807, 2.05) is 0 Å². The molecule has 0 fully saturated rings. The number of aromatic hydroxyl groups is 1. The number of alkyl halides is 6. The van der Waals surface area contributed by atoms with Gasteiger partial charge in [-0.25, -0.2) is 0 Å². The van der Waals surface area contributed by atoms with Crippen LogP contribution >= 0.6 is 0 Å². The van der Waals surface area contributed by atoms with Crippen molar-refractivity contribution in [2.75, 3.05) is 18.1 Å². The van der Waals surface area contributed by atoms with E-state index in [0.29, 0.717) is 29.8 Å². The van der Waals surface area contributed by atoms with Crippen molar-refractivity contribution in [3.05, 3.63) is 53.1 Å². The number of benzene rings is 2. The van der Waals surface area contributed by atoms with Gasteiger partial charge >= 0.3 is 12.4 Å². The maximum absolute atomic E-state index is 12.9. The summed E-state index contributed by atoms with van der Waals surface area (Å²) in [5, 5.41) is 9.44. The lowest BCUT2D eigenvalue weighted by molar-refractivity contribution is -0.143. The van der Waals surface area contributed by atoms with Gasteiger partial charge in [-0.1, -0.05) is 0 Å². The van der Waals surface area contributed by atoms with Crippen LogP contribution in [0.4, 0.5) is 32.0 Å². The number of hydrogen-bond donors (Lipinski definition) is 1. The molecule has 0 radical (unpaired) electrons. The summed E-state index contributed by atoms with van der Waals surface area (Å²) in [7, 11) is 0. The highest BCUT2D eigenvalue weighted by molar-refractivity contribution is 5.96. The Morgan fingerprint density at radius 1 is 1.00 bits per heavy atom. The molecule has 0 saturated heterocycles. The second-order valence-corrected chi connectivity index (χ2v) is 6.14. The molecule has 3 rings (SSSR count). The Balaban J connectivity index is 1.79. The van der Waals surface area contributed by atoms with Crippen molar-refractivity contribution in [2.24, 2.45) is 0 Å². The number of fused-ring (bicyclic) bond motifs is 1. The summed E-state index contributed by atoms with van der Waals surface area (Å²) in [6.45, 7) is -0.476. The summed E-state index contributed by atoms with van der Waals surface area (Å²) in [6, 6.07) is 5.16. The average molecular weight is 405 g/mol. The molecule has 2 aromatic rings. The van der Waals surface area contributed by atoms with Gasteiger partial charge in [-0.15, -0.1) is 0 Å². The molecule has 10 heteroatoms. The fourth-order valence-corrected chi connectivity index (χ4v) is 2.88. The van der Waals surface area contributed by atoms with E-state index < -0.39 is 41.7 Å². The van der Waals surface area contributed by atoms with Gasteiger partial charge in [0.15, 0.2) is 6.61 Å². The van der Waals surface area contributed by atoms with E-state index in [4.69, 9.17) is 4.74 Å². The zero-order valence-corrected chi connectivity index (χ0v) is 14.1. The maximum atomic E-state index is 12.9. The van der Waals surface area contributed by atoms with E-state index in [1.54, 1.807) is 0 Å². The van der Waals surface area contributed by atoms with E-state index >= 15 is 0 Å². The van der Waals surface area contributed by atoms with Gasteiger partial charge in [-0.05, 0) is 48.4 Å². The highest BCUT2D eigenvalue weighted by Crippen LogP contribution is 2.38. The summed E-state index contributed by atoms with van der Waals surface area (Å²) in [5.74, 6) is -1.32. The lowest BCUT2D eigenvalue weighted by Gasteiger charge is -2.19. The molecule has 0 atom stereocenters. The van der Waals surface area contributed by atoms with Crippen molar-refractivity contribution in [1.82, 2.24) is 0 Å². The Morgan fingerprint density at radius 2 is 1.61 bits per heavy atom. The van der Waals surface area contributed by atoms with E-state index in [2.05, 4.69) is 0 Å². The average Bonchev–Trinajstić information content (AvgIpc) is 3.01. The van der Waals surface area contributed by atoms with Crippen LogP contribution in [0.1, 0.15) is 16.7 Å². The van der Waals surface area contributed by atoms with E-state index in [1.165, 1.54) is 23.1 Å². The van der Waals surface area contributed by atoms with Gasteiger partial charge in [0, 0.05) is 12.2 Å². The number of amides is 1. The molecule has 1 N–H and O–H groups in total. The van der Waals surface area contributed by atoms with Crippen LogP contribution in [0.15, 0.2) is 36.4 Å². The quantitative estimate of drug-likeness (QED) is 0.771. The minimum absolute atomic E-state index is 0.0160. The fourth-order valence-electron chi connectivity index (χ4n) is 2.88. The van der Waals surface area contributed by atoms with Crippen LogP contribution in [-0.2, 0) is 23.6 Å². The van der Waals surface area contributed by atoms with Crippen LogP contribution in [0.2, 0.25) is 0 Å². The number of phenols is 1. The molecular weight excluding hydrogens is 392 g/mol. The lowest BCUT2D eigenvalue weighted by Crippen LogP contribution is -2.33. The number of nitrogens with zero attached hydrogens (tertiary/aromatic N) is 1. The largest absolute Gasteiger partial charge is 0.508 e. The summed E-state index contributed by atoms with van der Waals surface area (Å²) in [6.07, 6.45) is -9.55. The number of rotatable bonds is 3. The van der Waals surface area contributed by atoms with E-state index in [0.717, 1.165) is 0 Å². The highest BCUT2D eigenvalue weighted by atomic mass is 19.4. The zero-order chi connectivity index (χ0) is 20.7. The molecule has 0 aromatic heterocycles. The first-order chi connectivity index (χ1) is 12.9. The summed E-state index contributed by atoms with van der Waals surface area (Å²) >= 11 is 0. The van der Waals surface area contributed by atoms with Crippen molar-refractivity contribution >= 4 is 11.6 Å². The second-order valence-electron chi connectivity index (χ2n) is 6.14. The van der Waals surface area contributed by atoms with Crippen LogP contribution in [0.25, 0.3) is 0 Å². The smallest absolute Gasteiger partial charge is 0.416 e. The normalized spacial score (nSPS) is 14.1. The van der Waals surface area contributed by atoms with Crippen LogP contribution < -0.4 is 9.64 Å². The third-order valence-electron chi connectivity index (χ3n) is 4.18. The summed E-state index contributed by atoms with van der Waals surface area (Å²) in [4.78, 5) is 13.6. The molecule has 0 aliphatic carbocycles. The minimum atomic E-state index is -5.00. The van der Waals surface area contributed by atoms with Crippen molar-refractivity contribution in [2.45, 2.75) is 18.8 Å². The number of carbonyl (C=O) groups is 1. The van der Waals surface area contributed by atoms with Gasteiger partial charge in [0.05, 0.1) is 11.1 Å². The molecule has 1 aliphatic rings. The fraction of sp³-hybridized carbons (Fsp3) is 0.278. The van der Waals surface area contributed by atoms with E-state index in [-0.39, 0.29) is 18.4 Å². The molecule has 1 aliphatic heterocycles. The maximum Gasteiger partial charge on any atom is 0.416 e. The number of anilines is 1. The summed E-state index contributed by atoms with van der Waals surface area (Å²) < 4.78 is 82.1. The molecule has 0 bridgehead atoms. The van der Waals surface area contributed by atoms with Crippen LogP contribution in [0.5, 0.6) is 11.5 Å². The number of carbonyl (C=O) groups excluding carboxylic acids is 1. The van der Waals surface area contributed by atoms with Crippen molar-refractivity contribution in [1.29, 1.82) is 0 Å². The SMILES string of the molecule is O=C(COc1cc(C(F)(F)F)cc(C(F)(F)F)c1)N1CCc2cc(O)ccc21. The minimum Gasteiger partial charge on any atom is -0.508 e. The predicted molar refractivity (Wildman–Crippen MR) is 86.1 cm³/mol. The first-order valence-electron chi connectivity index (χ1n) is 8.00. The molecule has 2 aromatic carbocycles. The molecular formula is C18H13F6NO3. The Kier molecular flexibility index (Phi) is 4.90. The standard InChI is InChI=1S/C18H13F6NO3/c19-17(20,21)11-6-12(18(22,23)24)8-14(7-11)28-9-16(27)25-4-3-10-5-13(26)1-2-15(10)25/h1-2,5-8,26H,3-4,9H2. The van der Waals surface area contributed by atoms with Gasteiger partial charge < -0.3 is 14.7 Å².